The standard InChI is InChI=1S/C18H22FNO/c1-12-5-7-17(15(9-12)18(2,3)4)21-16-8-6-14(19)10-13(16)11-20/h5-10H,11,20H2,1-4H3. The second-order valence-electron chi connectivity index (χ2n) is 6.31. The van der Waals surface area contributed by atoms with Gasteiger partial charge in [-0.25, -0.2) is 4.39 Å². The molecular weight excluding hydrogens is 265 g/mol. The number of halogens is 1. The van der Waals surface area contributed by atoms with E-state index in [9.17, 15) is 4.39 Å². The van der Waals surface area contributed by atoms with Crippen LogP contribution in [0.15, 0.2) is 36.4 Å². The van der Waals surface area contributed by atoms with Crippen LogP contribution in [0.5, 0.6) is 11.5 Å². The fraction of sp³-hybridized carbons (Fsp3) is 0.333. The molecule has 0 amide bonds. The summed E-state index contributed by atoms with van der Waals surface area (Å²) in [6.45, 7) is 8.72. The Bertz CT molecular complexity index is 644. The number of benzene rings is 2. The molecule has 0 heterocycles. The van der Waals surface area contributed by atoms with Gasteiger partial charge >= 0.3 is 0 Å². The predicted molar refractivity (Wildman–Crippen MR) is 84.2 cm³/mol. The topological polar surface area (TPSA) is 35.2 Å². The molecule has 0 aliphatic carbocycles. The van der Waals surface area contributed by atoms with Gasteiger partial charge in [-0.3, -0.25) is 0 Å². The monoisotopic (exact) mass is 287 g/mol. The third-order valence-corrected chi connectivity index (χ3v) is 3.41. The maximum absolute atomic E-state index is 13.3. The highest BCUT2D eigenvalue weighted by Crippen LogP contribution is 2.36. The molecule has 0 spiro atoms. The molecule has 2 aromatic carbocycles. The molecule has 0 aliphatic rings. The molecule has 0 atom stereocenters. The average molecular weight is 287 g/mol. The van der Waals surface area contributed by atoms with E-state index in [1.807, 2.05) is 12.1 Å². The lowest BCUT2D eigenvalue weighted by atomic mass is 9.85. The van der Waals surface area contributed by atoms with Crippen molar-refractivity contribution < 1.29 is 9.13 Å². The molecule has 112 valence electrons. The summed E-state index contributed by atoms with van der Waals surface area (Å²) in [5, 5.41) is 0. The highest BCUT2D eigenvalue weighted by Gasteiger charge is 2.20. The molecule has 0 saturated heterocycles. The predicted octanol–water partition coefficient (Wildman–Crippen LogP) is 4.68. The number of hydrogen-bond acceptors (Lipinski definition) is 2. The van der Waals surface area contributed by atoms with Gasteiger partial charge in [-0.05, 0) is 36.6 Å². The van der Waals surface area contributed by atoms with E-state index in [4.69, 9.17) is 10.5 Å². The van der Waals surface area contributed by atoms with Crippen LogP contribution in [0.25, 0.3) is 0 Å². The summed E-state index contributed by atoms with van der Waals surface area (Å²) < 4.78 is 19.3. The Hall–Kier alpha value is -1.87. The summed E-state index contributed by atoms with van der Waals surface area (Å²) in [6.07, 6.45) is 0. The van der Waals surface area contributed by atoms with Crippen molar-refractivity contribution in [3.63, 3.8) is 0 Å². The molecule has 21 heavy (non-hydrogen) atoms. The minimum atomic E-state index is -0.303. The fourth-order valence-corrected chi connectivity index (χ4v) is 2.24. The van der Waals surface area contributed by atoms with Crippen molar-refractivity contribution in [1.82, 2.24) is 0 Å². The summed E-state index contributed by atoms with van der Waals surface area (Å²) in [6, 6.07) is 10.5. The zero-order chi connectivity index (χ0) is 15.6. The maximum atomic E-state index is 13.3. The van der Waals surface area contributed by atoms with Crippen molar-refractivity contribution in [2.45, 2.75) is 39.7 Å². The summed E-state index contributed by atoms with van der Waals surface area (Å²) >= 11 is 0. The summed E-state index contributed by atoms with van der Waals surface area (Å²) in [5.41, 5.74) is 8.61. The molecule has 2 nitrogen and oxygen atoms in total. The van der Waals surface area contributed by atoms with Gasteiger partial charge in [-0.1, -0.05) is 38.5 Å². The number of rotatable bonds is 3. The fourth-order valence-electron chi connectivity index (χ4n) is 2.24. The Kier molecular flexibility index (Phi) is 4.33. The smallest absolute Gasteiger partial charge is 0.132 e. The Balaban J connectivity index is 2.45. The highest BCUT2D eigenvalue weighted by molar-refractivity contribution is 5.45. The minimum absolute atomic E-state index is 0.0374. The van der Waals surface area contributed by atoms with Crippen LogP contribution in [0.1, 0.15) is 37.5 Å². The molecule has 2 N–H and O–H groups in total. The quantitative estimate of drug-likeness (QED) is 0.889. The van der Waals surface area contributed by atoms with E-state index in [-0.39, 0.29) is 17.8 Å². The first-order valence-corrected chi connectivity index (χ1v) is 7.09. The molecule has 0 aromatic heterocycles. The van der Waals surface area contributed by atoms with E-state index in [0.717, 1.165) is 11.3 Å². The summed E-state index contributed by atoms with van der Waals surface area (Å²) in [4.78, 5) is 0. The van der Waals surface area contributed by atoms with Crippen LogP contribution in [0.4, 0.5) is 4.39 Å². The van der Waals surface area contributed by atoms with E-state index >= 15 is 0 Å². The highest BCUT2D eigenvalue weighted by atomic mass is 19.1. The van der Waals surface area contributed by atoms with Crippen molar-refractivity contribution >= 4 is 0 Å². The maximum Gasteiger partial charge on any atom is 0.132 e. The van der Waals surface area contributed by atoms with Gasteiger partial charge < -0.3 is 10.5 Å². The van der Waals surface area contributed by atoms with Gasteiger partial charge in [0.05, 0.1) is 0 Å². The first-order valence-electron chi connectivity index (χ1n) is 7.09. The lowest BCUT2D eigenvalue weighted by molar-refractivity contribution is 0.448. The average Bonchev–Trinajstić information content (AvgIpc) is 2.41. The zero-order valence-corrected chi connectivity index (χ0v) is 13.0. The Labute approximate surface area is 125 Å². The molecule has 0 radical (unpaired) electrons. The van der Waals surface area contributed by atoms with E-state index in [2.05, 4.69) is 33.8 Å². The first-order chi connectivity index (χ1) is 9.81. The van der Waals surface area contributed by atoms with Crippen molar-refractivity contribution in [2.75, 3.05) is 0 Å². The molecule has 2 aromatic rings. The van der Waals surface area contributed by atoms with Crippen molar-refractivity contribution in [2.24, 2.45) is 5.73 Å². The third kappa shape index (κ3) is 3.61. The van der Waals surface area contributed by atoms with E-state index in [1.165, 1.54) is 17.7 Å². The van der Waals surface area contributed by atoms with Gasteiger partial charge in [0.25, 0.3) is 0 Å². The van der Waals surface area contributed by atoms with Crippen molar-refractivity contribution in [1.29, 1.82) is 0 Å². The van der Waals surface area contributed by atoms with Gasteiger partial charge in [-0.2, -0.15) is 0 Å². The van der Waals surface area contributed by atoms with Crippen LogP contribution < -0.4 is 10.5 Å². The Morgan fingerprint density at radius 3 is 2.33 bits per heavy atom. The number of hydrogen-bond donors (Lipinski definition) is 1. The SMILES string of the molecule is Cc1ccc(Oc2ccc(F)cc2CN)c(C(C)(C)C)c1. The normalized spacial score (nSPS) is 11.5. The van der Waals surface area contributed by atoms with Crippen LogP contribution in [-0.2, 0) is 12.0 Å². The van der Waals surface area contributed by atoms with Crippen LogP contribution >= 0.6 is 0 Å². The Morgan fingerprint density at radius 1 is 1.05 bits per heavy atom. The van der Waals surface area contributed by atoms with E-state index in [0.29, 0.717) is 11.3 Å². The Morgan fingerprint density at radius 2 is 1.71 bits per heavy atom. The van der Waals surface area contributed by atoms with Crippen LogP contribution in [-0.4, -0.2) is 0 Å². The second kappa shape index (κ2) is 5.86. The molecule has 0 unspecified atom stereocenters. The molecule has 0 aliphatic heterocycles. The third-order valence-electron chi connectivity index (χ3n) is 3.41. The van der Waals surface area contributed by atoms with Crippen LogP contribution in [0.2, 0.25) is 0 Å². The molecule has 2 rings (SSSR count). The molecule has 0 saturated carbocycles. The van der Waals surface area contributed by atoms with Crippen LogP contribution in [0.3, 0.4) is 0 Å². The van der Waals surface area contributed by atoms with Gasteiger partial charge in [0, 0.05) is 17.7 Å². The van der Waals surface area contributed by atoms with Gasteiger partial charge in [0.1, 0.15) is 17.3 Å². The summed E-state index contributed by atoms with van der Waals surface area (Å²) in [7, 11) is 0. The minimum Gasteiger partial charge on any atom is -0.457 e. The summed E-state index contributed by atoms with van der Waals surface area (Å²) in [5.74, 6) is 1.09. The number of aryl methyl sites for hydroxylation is 1. The van der Waals surface area contributed by atoms with Gasteiger partial charge in [0.2, 0.25) is 0 Å². The lowest BCUT2D eigenvalue weighted by Crippen LogP contribution is -2.13. The van der Waals surface area contributed by atoms with Crippen molar-refractivity contribution in [3.8, 4) is 11.5 Å². The van der Waals surface area contributed by atoms with E-state index in [1.54, 1.807) is 6.07 Å². The lowest BCUT2D eigenvalue weighted by Gasteiger charge is -2.24. The molecule has 0 bridgehead atoms. The second-order valence-corrected chi connectivity index (χ2v) is 6.31. The molecule has 0 fully saturated rings. The largest absolute Gasteiger partial charge is 0.457 e. The van der Waals surface area contributed by atoms with Crippen molar-refractivity contribution in [3.05, 3.63) is 58.9 Å². The zero-order valence-electron chi connectivity index (χ0n) is 13.0. The number of nitrogens with two attached hydrogens (primary N) is 1. The molecule has 3 heteroatoms. The first kappa shape index (κ1) is 15.5. The van der Waals surface area contributed by atoms with E-state index < -0.39 is 0 Å². The number of ether oxygens (including phenoxy) is 1. The van der Waals surface area contributed by atoms with Gasteiger partial charge in [0.15, 0.2) is 0 Å². The van der Waals surface area contributed by atoms with Crippen LogP contribution in [0, 0.1) is 12.7 Å². The molecular formula is C18H22FNO. The van der Waals surface area contributed by atoms with Gasteiger partial charge in [-0.15, -0.1) is 0 Å².